The molecule has 0 heterocycles. The van der Waals surface area contributed by atoms with Gasteiger partial charge in [-0.2, -0.15) is 0 Å². The molecule has 0 saturated heterocycles. The predicted octanol–water partition coefficient (Wildman–Crippen LogP) is 3.81. The van der Waals surface area contributed by atoms with Gasteiger partial charge in [0.05, 0.1) is 6.61 Å². The van der Waals surface area contributed by atoms with E-state index in [2.05, 4.69) is 41.9 Å². The van der Waals surface area contributed by atoms with E-state index in [9.17, 15) is 0 Å². The molecule has 0 amide bonds. The van der Waals surface area contributed by atoms with Crippen LogP contribution >= 0.6 is 15.9 Å². The second-order valence-electron chi connectivity index (χ2n) is 3.11. The third kappa shape index (κ3) is 3.03. The lowest BCUT2D eigenvalue weighted by Gasteiger charge is -2.09. The maximum Gasteiger partial charge on any atom is 0.120 e. The molecule has 0 aliphatic rings. The van der Waals surface area contributed by atoms with Crippen molar-refractivity contribution in [2.24, 2.45) is 0 Å². The lowest BCUT2D eigenvalue weighted by atomic mass is 10.0. The molecule has 0 bridgehead atoms. The van der Waals surface area contributed by atoms with Gasteiger partial charge in [0.25, 0.3) is 0 Å². The molecule has 0 N–H and O–H groups in total. The first kappa shape index (κ1) is 10.6. The van der Waals surface area contributed by atoms with E-state index in [4.69, 9.17) is 4.74 Å². The molecule has 1 aromatic carbocycles. The Morgan fingerprint density at radius 1 is 1.31 bits per heavy atom. The van der Waals surface area contributed by atoms with Gasteiger partial charge in [0.15, 0.2) is 0 Å². The van der Waals surface area contributed by atoms with Crippen molar-refractivity contribution in [1.82, 2.24) is 0 Å². The second kappa shape index (κ2) is 4.66. The van der Waals surface area contributed by atoms with Crippen molar-refractivity contribution in [2.45, 2.75) is 20.8 Å². The van der Waals surface area contributed by atoms with Gasteiger partial charge in [-0.1, -0.05) is 29.8 Å². The summed E-state index contributed by atoms with van der Waals surface area (Å²) >= 11 is 3.46. The van der Waals surface area contributed by atoms with Gasteiger partial charge >= 0.3 is 0 Å². The monoisotopic (exact) mass is 241 g/mol. The number of halogens is 1. The summed E-state index contributed by atoms with van der Waals surface area (Å²) in [6.45, 7) is 6.89. The molecule has 0 atom stereocenters. The Balaban J connectivity index is 2.96. The topological polar surface area (TPSA) is 9.23 Å². The molecule has 0 fully saturated rings. The first-order valence-corrected chi connectivity index (χ1v) is 5.16. The zero-order chi connectivity index (χ0) is 9.84. The minimum atomic E-state index is 0.707. The van der Waals surface area contributed by atoms with Crippen molar-refractivity contribution >= 4 is 15.9 Å². The molecule has 0 unspecified atom stereocenters. The summed E-state index contributed by atoms with van der Waals surface area (Å²) in [5.74, 6) is 2.22. The number of hydrogen-bond acceptors (Lipinski definition) is 1. The Labute approximate surface area is 88.2 Å². The van der Waals surface area contributed by atoms with Crippen LogP contribution in [0.25, 0.3) is 0 Å². The van der Waals surface area contributed by atoms with Gasteiger partial charge < -0.3 is 4.74 Å². The first-order chi connectivity index (χ1) is 6.13. The van der Waals surface area contributed by atoms with Gasteiger partial charge in [-0.3, -0.25) is 0 Å². The van der Waals surface area contributed by atoms with E-state index in [1.807, 2.05) is 13.0 Å². The van der Waals surface area contributed by atoms with Crippen LogP contribution in [0.2, 0.25) is 0 Å². The van der Waals surface area contributed by atoms with Crippen molar-refractivity contribution in [3.8, 4) is 5.75 Å². The largest absolute Gasteiger partial charge is 0.494 e. The highest BCUT2D eigenvalue weighted by Crippen LogP contribution is 2.25. The molecular weight excluding hydrogens is 228 g/mol. The number of benzene rings is 1. The van der Waals surface area contributed by atoms with E-state index in [0.717, 1.165) is 10.2 Å². The summed E-state index contributed by atoms with van der Waals surface area (Å²) in [4.78, 5) is 0. The highest BCUT2D eigenvalue weighted by Gasteiger charge is 2.03. The fourth-order valence-electron chi connectivity index (χ4n) is 1.10. The molecule has 13 heavy (non-hydrogen) atoms. The highest BCUT2D eigenvalue weighted by molar-refractivity contribution is 9.10. The van der Waals surface area contributed by atoms with Crippen LogP contribution in [0.1, 0.15) is 26.3 Å². The fraction of sp³-hybridized carbons (Fsp3) is 0.364. The Bertz CT molecular complexity index is 281. The summed E-state index contributed by atoms with van der Waals surface area (Å²) in [6.07, 6.45) is 0. The number of ether oxygens (including phenoxy) is 1. The molecule has 2 heteroatoms. The molecule has 0 aromatic heterocycles. The Hall–Kier alpha value is -0.500. The number of hydrogen-bond donors (Lipinski definition) is 0. The van der Waals surface area contributed by atoms with Gasteiger partial charge in [0.1, 0.15) is 5.75 Å². The summed E-state index contributed by atoms with van der Waals surface area (Å²) in [7, 11) is 0. The van der Waals surface area contributed by atoms with Crippen LogP contribution in [-0.2, 0) is 0 Å². The van der Waals surface area contributed by atoms with Gasteiger partial charge in [-0.25, -0.2) is 0 Å². The molecule has 0 aliphatic carbocycles. The van der Waals surface area contributed by atoms with Crippen molar-refractivity contribution in [2.75, 3.05) is 6.61 Å². The third-order valence-electron chi connectivity index (χ3n) is 1.76. The quantitative estimate of drug-likeness (QED) is 0.783. The minimum Gasteiger partial charge on any atom is -0.494 e. The Morgan fingerprint density at radius 2 is 2.00 bits per heavy atom. The van der Waals surface area contributed by atoms with Crippen LogP contribution in [-0.4, -0.2) is 6.61 Å². The summed E-state index contributed by atoms with van der Waals surface area (Å²) in [6, 6.07) is 6.14. The lowest BCUT2D eigenvalue weighted by Crippen LogP contribution is -1.94. The normalized spacial score (nSPS) is 10.5. The summed E-state index contributed by atoms with van der Waals surface area (Å²) in [5, 5.41) is 0. The first-order valence-electron chi connectivity index (χ1n) is 4.37. The maximum absolute atomic E-state index is 5.43. The van der Waals surface area contributed by atoms with Crippen molar-refractivity contribution in [3.05, 3.63) is 34.2 Å². The van der Waals surface area contributed by atoms with Crippen molar-refractivity contribution in [1.29, 1.82) is 0 Å². The van der Waals surface area contributed by atoms with Crippen LogP contribution in [0.3, 0.4) is 0 Å². The molecule has 1 radical (unpaired) electrons. The van der Waals surface area contributed by atoms with E-state index in [0.29, 0.717) is 6.61 Å². The molecule has 1 nitrogen and oxygen atoms in total. The Kier molecular flexibility index (Phi) is 3.79. The SMILES string of the molecule is CCOc1cc(Br)cc([C](C)C)c1. The molecule has 0 spiro atoms. The smallest absolute Gasteiger partial charge is 0.120 e. The Morgan fingerprint density at radius 3 is 2.54 bits per heavy atom. The zero-order valence-electron chi connectivity index (χ0n) is 8.23. The summed E-state index contributed by atoms with van der Waals surface area (Å²) in [5.41, 5.74) is 1.22. The van der Waals surface area contributed by atoms with Gasteiger partial charge in [0, 0.05) is 4.47 Å². The fourth-order valence-corrected chi connectivity index (χ4v) is 1.57. The number of rotatable bonds is 3. The standard InChI is InChI=1S/C11H14BrO/c1-4-13-11-6-9(8(2)3)5-10(12)7-11/h5-7H,4H2,1-3H3. The van der Waals surface area contributed by atoms with E-state index in [1.54, 1.807) is 0 Å². The average molecular weight is 242 g/mol. The molecule has 1 aromatic rings. The van der Waals surface area contributed by atoms with Crippen molar-refractivity contribution in [3.63, 3.8) is 0 Å². The van der Waals surface area contributed by atoms with Gasteiger partial charge in [0.2, 0.25) is 0 Å². The molecular formula is C11H14BrO. The second-order valence-corrected chi connectivity index (χ2v) is 4.02. The van der Waals surface area contributed by atoms with Crippen LogP contribution in [0.5, 0.6) is 5.75 Å². The van der Waals surface area contributed by atoms with Gasteiger partial charge in [-0.15, -0.1) is 0 Å². The molecule has 71 valence electrons. The van der Waals surface area contributed by atoms with E-state index >= 15 is 0 Å². The lowest BCUT2D eigenvalue weighted by molar-refractivity contribution is 0.340. The van der Waals surface area contributed by atoms with Crippen molar-refractivity contribution < 1.29 is 4.74 Å². The predicted molar refractivity (Wildman–Crippen MR) is 59.0 cm³/mol. The average Bonchev–Trinajstić information content (AvgIpc) is 2.03. The summed E-state index contributed by atoms with van der Waals surface area (Å²) < 4.78 is 6.50. The van der Waals surface area contributed by atoms with Gasteiger partial charge in [-0.05, 0) is 36.6 Å². The highest BCUT2D eigenvalue weighted by atomic mass is 79.9. The third-order valence-corrected chi connectivity index (χ3v) is 2.22. The minimum absolute atomic E-state index is 0.707. The van der Waals surface area contributed by atoms with E-state index < -0.39 is 0 Å². The molecule has 1 rings (SSSR count). The van der Waals surface area contributed by atoms with Crippen LogP contribution in [0.4, 0.5) is 0 Å². The van der Waals surface area contributed by atoms with E-state index in [-0.39, 0.29) is 0 Å². The van der Waals surface area contributed by atoms with E-state index in [1.165, 1.54) is 11.5 Å². The van der Waals surface area contributed by atoms with Crippen LogP contribution in [0, 0.1) is 5.92 Å². The molecule has 0 saturated carbocycles. The maximum atomic E-state index is 5.43. The van der Waals surface area contributed by atoms with Crippen LogP contribution in [0.15, 0.2) is 22.7 Å². The molecule has 0 aliphatic heterocycles. The van der Waals surface area contributed by atoms with Crippen LogP contribution < -0.4 is 4.74 Å². The zero-order valence-corrected chi connectivity index (χ0v) is 9.81.